The van der Waals surface area contributed by atoms with Crippen LogP contribution in [0.25, 0.3) is 76.5 Å². The van der Waals surface area contributed by atoms with Crippen molar-refractivity contribution < 1.29 is 4.42 Å². The molecule has 2 nitrogen and oxygen atoms in total. The zero-order chi connectivity index (χ0) is 33.0. The third kappa shape index (κ3) is 4.73. The van der Waals surface area contributed by atoms with E-state index in [4.69, 9.17) is 4.42 Å². The predicted octanol–water partition coefficient (Wildman–Crippen LogP) is 13.8. The van der Waals surface area contributed by atoms with E-state index < -0.39 is 0 Å². The summed E-state index contributed by atoms with van der Waals surface area (Å²) in [7, 11) is 0. The largest absolute Gasteiger partial charge is 0.456 e. The molecule has 0 spiro atoms. The summed E-state index contributed by atoms with van der Waals surface area (Å²) in [6, 6.07) is 67.6. The molecule has 0 aliphatic heterocycles. The maximum absolute atomic E-state index is 6.55. The number of rotatable bonds is 5. The molecule has 2 heteroatoms. The van der Waals surface area contributed by atoms with Gasteiger partial charge in [-0.15, -0.1) is 0 Å². The predicted molar refractivity (Wildman–Crippen MR) is 212 cm³/mol. The van der Waals surface area contributed by atoms with Gasteiger partial charge >= 0.3 is 0 Å². The van der Waals surface area contributed by atoms with E-state index in [1.165, 1.54) is 49.2 Å². The summed E-state index contributed by atoms with van der Waals surface area (Å²) in [4.78, 5) is 2.43. The van der Waals surface area contributed by atoms with Crippen LogP contribution in [-0.2, 0) is 0 Å². The third-order valence-electron chi connectivity index (χ3n) is 9.96. The molecule has 10 rings (SSSR count). The Bertz CT molecular complexity index is 2750. The molecular weight excluding hydrogens is 607 g/mol. The van der Waals surface area contributed by atoms with Crippen LogP contribution in [0.4, 0.5) is 17.1 Å². The van der Waals surface area contributed by atoms with Crippen LogP contribution in [0.3, 0.4) is 0 Å². The summed E-state index contributed by atoms with van der Waals surface area (Å²) in [5.41, 5.74) is 9.93. The van der Waals surface area contributed by atoms with Crippen molar-refractivity contribution >= 4 is 71.3 Å². The van der Waals surface area contributed by atoms with Crippen molar-refractivity contribution in [2.75, 3.05) is 4.90 Å². The van der Waals surface area contributed by atoms with E-state index in [-0.39, 0.29) is 0 Å². The molecule has 1 aromatic heterocycles. The molecule has 1 heterocycles. The molecule has 10 aromatic rings. The molecule has 0 amide bonds. The van der Waals surface area contributed by atoms with E-state index in [0.29, 0.717) is 0 Å². The first-order valence-corrected chi connectivity index (χ1v) is 17.1. The third-order valence-corrected chi connectivity index (χ3v) is 9.96. The van der Waals surface area contributed by atoms with Crippen LogP contribution in [0.15, 0.2) is 192 Å². The summed E-state index contributed by atoms with van der Waals surface area (Å²) in [6.45, 7) is 0. The van der Waals surface area contributed by atoms with Crippen molar-refractivity contribution in [3.63, 3.8) is 0 Å². The maximum atomic E-state index is 6.55. The highest BCUT2D eigenvalue weighted by Crippen LogP contribution is 2.48. The molecule has 0 atom stereocenters. The number of para-hydroxylation sites is 1. The molecule has 0 saturated heterocycles. The lowest BCUT2D eigenvalue weighted by molar-refractivity contribution is 0.669. The van der Waals surface area contributed by atoms with E-state index in [0.717, 1.165) is 44.4 Å². The lowest BCUT2D eigenvalue weighted by atomic mass is 9.98. The van der Waals surface area contributed by atoms with Crippen LogP contribution in [-0.4, -0.2) is 0 Å². The summed E-state index contributed by atoms with van der Waals surface area (Å²) in [6.07, 6.45) is 0. The molecular formula is C48H31NO. The quantitative estimate of drug-likeness (QED) is 0.187. The molecule has 234 valence electrons. The Labute approximate surface area is 290 Å². The Morgan fingerprint density at radius 1 is 0.320 bits per heavy atom. The standard InChI is InChI=1S/C48H31NO/c1-3-11-32(12-4-1)34-19-21-38-29-41(25-23-36(38)27-34)49(42-26-24-37-28-35(20-22-39(37)30-42)33-13-5-2-6-14-33)48-43-16-8-7-15-40(43)31-46-47(48)44-17-9-10-18-45(44)50-46/h1-31H. The summed E-state index contributed by atoms with van der Waals surface area (Å²) in [5, 5.41) is 9.32. The SMILES string of the molecule is c1ccc(-c2ccc3cc(N(c4ccc5cc(-c6ccccc6)ccc5c4)c4c5ccccc5cc5oc6ccccc6c45)ccc3c2)cc1. The van der Waals surface area contributed by atoms with E-state index in [9.17, 15) is 0 Å². The number of anilines is 3. The average molecular weight is 638 g/mol. The summed E-state index contributed by atoms with van der Waals surface area (Å²) >= 11 is 0. The fourth-order valence-corrected chi connectivity index (χ4v) is 7.53. The van der Waals surface area contributed by atoms with Gasteiger partial charge in [-0.05, 0) is 97.7 Å². The van der Waals surface area contributed by atoms with Crippen molar-refractivity contribution in [1.29, 1.82) is 0 Å². The van der Waals surface area contributed by atoms with E-state index in [1.807, 2.05) is 6.07 Å². The van der Waals surface area contributed by atoms with E-state index in [1.54, 1.807) is 0 Å². The van der Waals surface area contributed by atoms with Crippen LogP contribution < -0.4 is 4.90 Å². The van der Waals surface area contributed by atoms with Crippen LogP contribution in [0.2, 0.25) is 0 Å². The minimum atomic E-state index is 0.881. The second-order valence-corrected chi connectivity index (χ2v) is 13.0. The van der Waals surface area contributed by atoms with Gasteiger partial charge in [-0.2, -0.15) is 0 Å². The average Bonchev–Trinajstić information content (AvgIpc) is 3.56. The highest BCUT2D eigenvalue weighted by molar-refractivity contribution is 6.22. The number of fused-ring (bicyclic) bond motifs is 6. The van der Waals surface area contributed by atoms with Crippen molar-refractivity contribution in [3.8, 4) is 22.3 Å². The number of hydrogen-bond acceptors (Lipinski definition) is 2. The fraction of sp³-hybridized carbons (Fsp3) is 0. The summed E-state index contributed by atoms with van der Waals surface area (Å²) in [5.74, 6) is 0. The number of hydrogen-bond donors (Lipinski definition) is 0. The zero-order valence-electron chi connectivity index (χ0n) is 27.3. The Hall–Kier alpha value is -6.64. The van der Waals surface area contributed by atoms with Crippen molar-refractivity contribution in [1.82, 2.24) is 0 Å². The van der Waals surface area contributed by atoms with Gasteiger partial charge in [0, 0.05) is 22.1 Å². The Kier molecular flexibility index (Phi) is 6.53. The first-order chi connectivity index (χ1) is 24.8. The Morgan fingerprint density at radius 2 is 0.820 bits per heavy atom. The van der Waals surface area contributed by atoms with Gasteiger partial charge in [-0.25, -0.2) is 0 Å². The number of nitrogens with zero attached hydrogens (tertiary/aromatic N) is 1. The molecule has 0 saturated carbocycles. The first kappa shape index (κ1) is 28.4. The Balaban J connectivity index is 1.23. The topological polar surface area (TPSA) is 16.4 Å². The van der Waals surface area contributed by atoms with Gasteiger partial charge in [-0.3, -0.25) is 0 Å². The van der Waals surface area contributed by atoms with Gasteiger partial charge in [0.05, 0.1) is 11.1 Å². The highest BCUT2D eigenvalue weighted by Gasteiger charge is 2.23. The van der Waals surface area contributed by atoms with Gasteiger partial charge < -0.3 is 9.32 Å². The molecule has 0 aliphatic rings. The Morgan fingerprint density at radius 3 is 1.44 bits per heavy atom. The van der Waals surface area contributed by atoms with Crippen molar-refractivity contribution in [2.45, 2.75) is 0 Å². The van der Waals surface area contributed by atoms with E-state index >= 15 is 0 Å². The smallest absolute Gasteiger partial charge is 0.138 e. The van der Waals surface area contributed by atoms with Gasteiger partial charge in [0.15, 0.2) is 0 Å². The monoisotopic (exact) mass is 637 g/mol. The fourth-order valence-electron chi connectivity index (χ4n) is 7.53. The molecule has 0 fully saturated rings. The van der Waals surface area contributed by atoms with Gasteiger partial charge in [-0.1, -0.05) is 140 Å². The normalized spacial score (nSPS) is 11.6. The highest BCUT2D eigenvalue weighted by atomic mass is 16.3. The van der Waals surface area contributed by atoms with Crippen molar-refractivity contribution in [2.24, 2.45) is 0 Å². The molecule has 0 unspecified atom stereocenters. The molecule has 50 heavy (non-hydrogen) atoms. The van der Waals surface area contributed by atoms with Gasteiger partial charge in [0.25, 0.3) is 0 Å². The summed E-state index contributed by atoms with van der Waals surface area (Å²) < 4.78 is 6.55. The first-order valence-electron chi connectivity index (χ1n) is 17.1. The minimum absolute atomic E-state index is 0.881. The second kappa shape index (κ2) is 11.5. The van der Waals surface area contributed by atoms with Gasteiger partial charge in [0.2, 0.25) is 0 Å². The number of benzene rings is 9. The lowest BCUT2D eigenvalue weighted by Crippen LogP contribution is -2.11. The second-order valence-electron chi connectivity index (χ2n) is 13.0. The lowest BCUT2D eigenvalue weighted by Gasteiger charge is -2.28. The van der Waals surface area contributed by atoms with Crippen LogP contribution >= 0.6 is 0 Å². The molecule has 0 N–H and O–H groups in total. The van der Waals surface area contributed by atoms with Crippen LogP contribution in [0.1, 0.15) is 0 Å². The molecule has 0 bridgehead atoms. The molecule has 9 aromatic carbocycles. The maximum Gasteiger partial charge on any atom is 0.138 e. The van der Waals surface area contributed by atoms with E-state index in [2.05, 4.69) is 187 Å². The molecule has 0 aliphatic carbocycles. The van der Waals surface area contributed by atoms with Gasteiger partial charge in [0.1, 0.15) is 11.2 Å². The zero-order valence-corrected chi connectivity index (χ0v) is 27.3. The van der Waals surface area contributed by atoms with Crippen LogP contribution in [0, 0.1) is 0 Å². The van der Waals surface area contributed by atoms with Crippen molar-refractivity contribution in [3.05, 3.63) is 188 Å². The molecule has 0 radical (unpaired) electrons. The number of furan rings is 1. The van der Waals surface area contributed by atoms with Crippen LogP contribution in [0.5, 0.6) is 0 Å². The minimum Gasteiger partial charge on any atom is -0.456 e.